The van der Waals surface area contributed by atoms with Crippen molar-refractivity contribution < 1.29 is 9.53 Å². The molecule has 3 rings (SSSR count). The lowest BCUT2D eigenvalue weighted by Crippen LogP contribution is -2.32. The standard InChI is InChI=1S/C16H21NO2/c1-11-8-17(10-15(11)16(18)19-2)9-13-7-12-5-3-4-6-14(12)13/h3-6,11,13,15H,7-10H2,1-2H3. The number of benzene rings is 1. The van der Waals surface area contributed by atoms with Gasteiger partial charge in [-0.05, 0) is 23.5 Å². The highest BCUT2D eigenvalue weighted by Gasteiger charge is 2.37. The van der Waals surface area contributed by atoms with E-state index in [9.17, 15) is 4.79 Å². The summed E-state index contributed by atoms with van der Waals surface area (Å²) in [6.07, 6.45) is 1.18. The molecule has 1 heterocycles. The van der Waals surface area contributed by atoms with Crippen LogP contribution >= 0.6 is 0 Å². The van der Waals surface area contributed by atoms with Crippen molar-refractivity contribution in [1.82, 2.24) is 4.90 Å². The summed E-state index contributed by atoms with van der Waals surface area (Å²) in [5.41, 5.74) is 2.99. The van der Waals surface area contributed by atoms with Gasteiger partial charge >= 0.3 is 5.97 Å². The summed E-state index contributed by atoms with van der Waals surface area (Å²) in [7, 11) is 1.49. The third-order valence-electron chi connectivity index (χ3n) is 4.63. The molecule has 0 bridgehead atoms. The molecule has 19 heavy (non-hydrogen) atoms. The number of carbonyl (C=O) groups excluding carboxylic acids is 1. The van der Waals surface area contributed by atoms with E-state index >= 15 is 0 Å². The Hall–Kier alpha value is -1.35. The zero-order valence-corrected chi connectivity index (χ0v) is 11.6. The monoisotopic (exact) mass is 259 g/mol. The smallest absolute Gasteiger partial charge is 0.310 e. The molecular weight excluding hydrogens is 238 g/mol. The Labute approximate surface area is 114 Å². The summed E-state index contributed by atoms with van der Waals surface area (Å²) in [5.74, 6) is 1.06. The number of carbonyl (C=O) groups is 1. The van der Waals surface area contributed by atoms with Gasteiger partial charge in [-0.25, -0.2) is 0 Å². The van der Waals surface area contributed by atoms with E-state index in [-0.39, 0.29) is 11.9 Å². The van der Waals surface area contributed by atoms with E-state index in [4.69, 9.17) is 4.74 Å². The minimum atomic E-state index is -0.0518. The van der Waals surface area contributed by atoms with Gasteiger partial charge in [-0.2, -0.15) is 0 Å². The maximum Gasteiger partial charge on any atom is 0.310 e. The molecule has 2 aliphatic rings. The third-order valence-corrected chi connectivity index (χ3v) is 4.63. The van der Waals surface area contributed by atoms with Gasteiger partial charge in [-0.3, -0.25) is 4.79 Å². The zero-order valence-electron chi connectivity index (χ0n) is 11.6. The lowest BCUT2D eigenvalue weighted by molar-refractivity contribution is -0.146. The highest BCUT2D eigenvalue weighted by Crippen LogP contribution is 2.36. The fourth-order valence-electron chi connectivity index (χ4n) is 3.51. The molecule has 1 aliphatic carbocycles. The van der Waals surface area contributed by atoms with E-state index in [1.165, 1.54) is 24.7 Å². The number of hydrogen-bond acceptors (Lipinski definition) is 3. The maximum atomic E-state index is 11.7. The van der Waals surface area contributed by atoms with Crippen LogP contribution in [0.3, 0.4) is 0 Å². The highest BCUT2D eigenvalue weighted by molar-refractivity contribution is 5.73. The van der Waals surface area contributed by atoms with Crippen LogP contribution in [0.5, 0.6) is 0 Å². The summed E-state index contributed by atoms with van der Waals surface area (Å²) >= 11 is 0. The maximum absolute atomic E-state index is 11.7. The van der Waals surface area contributed by atoms with Crippen LogP contribution in [-0.2, 0) is 16.0 Å². The van der Waals surface area contributed by atoms with Crippen LogP contribution in [0, 0.1) is 11.8 Å². The van der Waals surface area contributed by atoms with E-state index in [0.717, 1.165) is 19.6 Å². The molecule has 3 atom stereocenters. The van der Waals surface area contributed by atoms with Crippen LogP contribution < -0.4 is 0 Å². The second kappa shape index (κ2) is 4.97. The molecule has 1 aliphatic heterocycles. The van der Waals surface area contributed by atoms with Gasteiger partial charge in [0, 0.05) is 25.6 Å². The van der Waals surface area contributed by atoms with Crippen LogP contribution in [0.15, 0.2) is 24.3 Å². The number of fused-ring (bicyclic) bond motifs is 1. The molecule has 102 valence electrons. The van der Waals surface area contributed by atoms with Crippen molar-refractivity contribution >= 4 is 5.97 Å². The van der Waals surface area contributed by atoms with Gasteiger partial charge in [0.2, 0.25) is 0 Å². The number of ether oxygens (including phenoxy) is 1. The summed E-state index contributed by atoms with van der Waals surface area (Å²) < 4.78 is 4.89. The average molecular weight is 259 g/mol. The van der Waals surface area contributed by atoms with E-state index < -0.39 is 0 Å². The third kappa shape index (κ3) is 2.27. The molecule has 0 amide bonds. The van der Waals surface area contributed by atoms with Crippen LogP contribution in [0.1, 0.15) is 24.0 Å². The molecule has 0 aromatic heterocycles. The van der Waals surface area contributed by atoms with Crippen molar-refractivity contribution in [1.29, 1.82) is 0 Å². The van der Waals surface area contributed by atoms with Crippen LogP contribution in [0.2, 0.25) is 0 Å². The first kappa shape index (κ1) is 12.7. The number of nitrogens with zero attached hydrogens (tertiary/aromatic N) is 1. The number of likely N-dealkylation sites (tertiary alicyclic amines) is 1. The number of esters is 1. The van der Waals surface area contributed by atoms with Crippen molar-refractivity contribution in [2.75, 3.05) is 26.7 Å². The topological polar surface area (TPSA) is 29.5 Å². The van der Waals surface area contributed by atoms with Gasteiger partial charge in [0.15, 0.2) is 0 Å². The van der Waals surface area contributed by atoms with Crippen molar-refractivity contribution in [3.05, 3.63) is 35.4 Å². The SMILES string of the molecule is COC(=O)C1CN(CC2Cc3ccccc32)CC1C. The number of methoxy groups -OCH3 is 1. The van der Waals surface area contributed by atoms with Crippen molar-refractivity contribution in [2.45, 2.75) is 19.3 Å². The van der Waals surface area contributed by atoms with Crippen LogP contribution in [0.4, 0.5) is 0 Å². The molecule has 1 fully saturated rings. The normalized spacial score (nSPS) is 29.7. The lowest BCUT2D eigenvalue weighted by Gasteiger charge is -2.33. The molecule has 0 spiro atoms. The second-order valence-corrected chi connectivity index (χ2v) is 5.93. The molecule has 0 N–H and O–H groups in total. The fraction of sp³-hybridized carbons (Fsp3) is 0.562. The highest BCUT2D eigenvalue weighted by atomic mass is 16.5. The Bertz CT molecular complexity index is 485. The molecule has 1 aromatic carbocycles. The Kier molecular flexibility index (Phi) is 3.31. The number of hydrogen-bond donors (Lipinski definition) is 0. The van der Waals surface area contributed by atoms with E-state index in [1.54, 1.807) is 0 Å². The first-order valence-electron chi connectivity index (χ1n) is 7.07. The largest absolute Gasteiger partial charge is 0.469 e. The molecule has 3 unspecified atom stereocenters. The minimum absolute atomic E-state index is 0.0518. The summed E-state index contributed by atoms with van der Waals surface area (Å²) in [6.45, 7) is 5.09. The number of rotatable bonds is 3. The van der Waals surface area contributed by atoms with Crippen molar-refractivity contribution in [3.8, 4) is 0 Å². The van der Waals surface area contributed by atoms with Crippen molar-refractivity contribution in [3.63, 3.8) is 0 Å². The van der Waals surface area contributed by atoms with E-state index in [1.807, 2.05) is 0 Å². The summed E-state index contributed by atoms with van der Waals surface area (Å²) in [5, 5.41) is 0. The lowest BCUT2D eigenvalue weighted by atomic mass is 9.77. The van der Waals surface area contributed by atoms with E-state index in [2.05, 4.69) is 36.1 Å². The van der Waals surface area contributed by atoms with Crippen LogP contribution in [0.25, 0.3) is 0 Å². The van der Waals surface area contributed by atoms with Gasteiger partial charge in [0.05, 0.1) is 13.0 Å². The molecule has 1 saturated heterocycles. The Morgan fingerprint density at radius 3 is 2.89 bits per heavy atom. The Balaban J connectivity index is 1.60. The quantitative estimate of drug-likeness (QED) is 0.778. The predicted molar refractivity (Wildman–Crippen MR) is 74.0 cm³/mol. The molecule has 3 nitrogen and oxygen atoms in total. The average Bonchev–Trinajstić information content (AvgIpc) is 2.76. The van der Waals surface area contributed by atoms with Gasteiger partial charge in [0.25, 0.3) is 0 Å². The van der Waals surface area contributed by atoms with Crippen molar-refractivity contribution in [2.24, 2.45) is 11.8 Å². The van der Waals surface area contributed by atoms with E-state index in [0.29, 0.717) is 11.8 Å². The Morgan fingerprint density at radius 1 is 1.37 bits per heavy atom. The molecular formula is C16H21NO2. The first-order valence-corrected chi connectivity index (χ1v) is 7.07. The minimum Gasteiger partial charge on any atom is -0.469 e. The molecule has 1 aromatic rings. The Morgan fingerprint density at radius 2 is 2.16 bits per heavy atom. The first-order chi connectivity index (χ1) is 9.19. The van der Waals surface area contributed by atoms with Gasteiger partial charge in [-0.1, -0.05) is 31.2 Å². The van der Waals surface area contributed by atoms with Gasteiger partial charge in [-0.15, -0.1) is 0 Å². The summed E-state index contributed by atoms with van der Waals surface area (Å²) in [4.78, 5) is 14.1. The predicted octanol–water partition coefficient (Wildman–Crippen LogP) is 2.07. The summed E-state index contributed by atoms with van der Waals surface area (Å²) in [6, 6.07) is 8.69. The molecule has 0 radical (unpaired) electrons. The fourth-order valence-corrected chi connectivity index (χ4v) is 3.51. The van der Waals surface area contributed by atoms with Gasteiger partial charge in [0.1, 0.15) is 0 Å². The zero-order chi connectivity index (χ0) is 13.4. The van der Waals surface area contributed by atoms with Crippen LogP contribution in [-0.4, -0.2) is 37.6 Å². The van der Waals surface area contributed by atoms with Gasteiger partial charge < -0.3 is 9.64 Å². The second-order valence-electron chi connectivity index (χ2n) is 5.93. The molecule has 0 saturated carbocycles. The molecule has 3 heteroatoms.